The largest absolute Gasteiger partial charge is 0.345 e. The van der Waals surface area contributed by atoms with Crippen molar-refractivity contribution in [2.75, 3.05) is 29.2 Å². The lowest BCUT2D eigenvalue weighted by Crippen LogP contribution is -2.55. The number of benzene rings is 1. The van der Waals surface area contributed by atoms with E-state index in [1.165, 1.54) is 24.8 Å². The summed E-state index contributed by atoms with van der Waals surface area (Å²) in [5.74, 6) is 1.92. The van der Waals surface area contributed by atoms with Crippen molar-refractivity contribution in [3.63, 3.8) is 0 Å². The summed E-state index contributed by atoms with van der Waals surface area (Å²) in [5, 5.41) is 3.27. The highest BCUT2D eigenvalue weighted by Crippen LogP contribution is 2.38. The third kappa shape index (κ3) is 3.36. The van der Waals surface area contributed by atoms with E-state index in [1.54, 1.807) is 11.1 Å². The van der Waals surface area contributed by atoms with Crippen LogP contribution in [-0.4, -0.2) is 36.0 Å². The standard InChI is InChI=1S/C21H27N5O/c1-14-9-11-16(12-10-14)23-21-22-13-17-19(24-21)26(3)18(20(27)25(17)2)15-7-5-4-6-8-15/h9-13,15,18H,4-8H2,1-3H3,(H,22,23,24). The molecule has 6 nitrogen and oxygen atoms in total. The summed E-state index contributed by atoms with van der Waals surface area (Å²) in [7, 11) is 3.83. The van der Waals surface area contributed by atoms with Gasteiger partial charge in [0.1, 0.15) is 11.7 Å². The van der Waals surface area contributed by atoms with Crippen molar-refractivity contribution >= 4 is 29.0 Å². The molecular weight excluding hydrogens is 338 g/mol. The fourth-order valence-corrected chi connectivity index (χ4v) is 4.27. The number of rotatable bonds is 3. The number of nitrogens with zero attached hydrogens (tertiary/aromatic N) is 4. The first kappa shape index (κ1) is 17.8. The molecule has 4 rings (SSSR count). The maximum atomic E-state index is 13.0. The van der Waals surface area contributed by atoms with Crippen LogP contribution in [-0.2, 0) is 4.79 Å². The highest BCUT2D eigenvalue weighted by molar-refractivity contribution is 6.04. The molecule has 1 aromatic heterocycles. The van der Waals surface area contributed by atoms with Crippen LogP contribution in [0.4, 0.5) is 23.1 Å². The first-order valence-electron chi connectivity index (χ1n) is 9.76. The van der Waals surface area contributed by atoms with Crippen LogP contribution in [0, 0.1) is 12.8 Å². The maximum absolute atomic E-state index is 13.0. The van der Waals surface area contributed by atoms with Crippen LogP contribution in [0.2, 0.25) is 0 Å². The predicted octanol–water partition coefficient (Wildman–Crippen LogP) is 3.89. The Morgan fingerprint density at radius 3 is 2.48 bits per heavy atom. The second-order valence-corrected chi connectivity index (χ2v) is 7.74. The monoisotopic (exact) mass is 365 g/mol. The molecule has 142 valence electrons. The molecule has 0 spiro atoms. The van der Waals surface area contributed by atoms with Crippen molar-refractivity contribution in [1.82, 2.24) is 9.97 Å². The van der Waals surface area contributed by atoms with Crippen LogP contribution in [0.15, 0.2) is 30.5 Å². The van der Waals surface area contributed by atoms with E-state index in [0.717, 1.165) is 30.0 Å². The fourth-order valence-electron chi connectivity index (χ4n) is 4.27. The minimum absolute atomic E-state index is 0.134. The second-order valence-electron chi connectivity index (χ2n) is 7.74. The van der Waals surface area contributed by atoms with Gasteiger partial charge in [0.25, 0.3) is 0 Å². The van der Waals surface area contributed by atoms with E-state index < -0.39 is 0 Å². The molecule has 6 heteroatoms. The van der Waals surface area contributed by atoms with Gasteiger partial charge in [-0.15, -0.1) is 0 Å². The molecular formula is C21H27N5O. The van der Waals surface area contributed by atoms with Crippen LogP contribution < -0.4 is 15.1 Å². The number of aromatic nitrogens is 2. The third-order valence-corrected chi connectivity index (χ3v) is 5.85. The van der Waals surface area contributed by atoms with E-state index in [2.05, 4.69) is 34.3 Å². The Morgan fingerprint density at radius 2 is 1.78 bits per heavy atom. The van der Waals surface area contributed by atoms with Crippen LogP contribution in [0.25, 0.3) is 0 Å². The number of carbonyl (C=O) groups excluding carboxylic acids is 1. The van der Waals surface area contributed by atoms with Crippen molar-refractivity contribution in [2.24, 2.45) is 5.92 Å². The Balaban J connectivity index is 1.64. The zero-order valence-electron chi connectivity index (χ0n) is 16.3. The molecule has 1 amide bonds. The lowest BCUT2D eigenvalue weighted by atomic mass is 9.82. The first-order valence-corrected chi connectivity index (χ1v) is 9.76. The minimum atomic E-state index is -0.134. The molecule has 2 aromatic rings. The van der Waals surface area contributed by atoms with Crippen molar-refractivity contribution in [2.45, 2.75) is 45.1 Å². The van der Waals surface area contributed by atoms with Crippen LogP contribution in [0.3, 0.4) is 0 Å². The quantitative estimate of drug-likeness (QED) is 0.894. The van der Waals surface area contributed by atoms with Gasteiger partial charge in [-0.25, -0.2) is 4.98 Å². The van der Waals surface area contributed by atoms with E-state index in [0.29, 0.717) is 11.9 Å². The zero-order valence-corrected chi connectivity index (χ0v) is 16.3. The average molecular weight is 365 g/mol. The summed E-state index contributed by atoms with van der Waals surface area (Å²) >= 11 is 0. The number of anilines is 4. The Hall–Kier alpha value is -2.63. The molecule has 1 unspecified atom stereocenters. The fraction of sp³-hybridized carbons (Fsp3) is 0.476. The number of aryl methyl sites for hydroxylation is 1. The molecule has 1 fully saturated rings. The normalized spacial score (nSPS) is 20.6. The van der Waals surface area contributed by atoms with Gasteiger partial charge in [0, 0.05) is 19.8 Å². The average Bonchev–Trinajstić information content (AvgIpc) is 2.69. The van der Waals surface area contributed by atoms with Gasteiger partial charge in [-0.3, -0.25) is 4.79 Å². The minimum Gasteiger partial charge on any atom is -0.345 e. The van der Waals surface area contributed by atoms with Crippen molar-refractivity contribution < 1.29 is 4.79 Å². The lowest BCUT2D eigenvalue weighted by molar-refractivity contribution is -0.121. The van der Waals surface area contributed by atoms with Gasteiger partial charge in [0.05, 0.1) is 6.20 Å². The molecule has 2 heterocycles. The summed E-state index contributed by atoms with van der Waals surface area (Å²) < 4.78 is 0. The van der Waals surface area contributed by atoms with Gasteiger partial charge in [-0.2, -0.15) is 4.98 Å². The molecule has 1 aliphatic carbocycles. The van der Waals surface area contributed by atoms with E-state index in [-0.39, 0.29) is 11.9 Å². The molecule has 27 heavy (non-hydrogen) atoms. The van der Waals surface area contributed by atoms with Crippen LogP contribution >= 0.6 is 0 Å². The summed E-state index contributed by atoms with van der Waals surface area (Å²) in [6.07, 6.45) is 7.67. The highest BCUT2D eigenvalue weighted by atomic mass is 16.2. The number of carbonyl (C=O) groups is 1. The van der Waals surface area contributed by atoms with E-state index in [4.69, 9.17) is 4.98 Å². The first-order chi connectivity index (χ1) is 13.0. The molecule has 0 saturated heterocycles. The van der Waals surface area contributed by atoms with Gasteiger partial charge in [0.15, 0.2) is 5.82 Å². The number of hydrogen-bond acceptors (Lipinski definition) is 5. The predicted molar refractivity (Wildman–Crippen MR) is 109 cm³/mol. The number of nitrogens with one attached hydrogen (secondary N) is 1. The topological polar surface area (TPSA) is 61.4 Å². The van der Waals surface area contributed by atoms with Gasteiger partial charge in [-0.1, -0.05) is 37.0 Å². The summed E-state index contributed by atoms with van der Waals surface area (Å²) in [6.45, 7) is 2.06. The summed E-state index contributed by atoms with van der Waals surface area (Å²) in [6, 6.07) is 8.01. The highest BCUT2D eigenvalue weighted by Gasteiger charge is 2.41. The Bertz CT molecular complexity index is 829. The number of amides is 1. The molecule has 0 radical (unpaired) electrons. The Labute approximate surface area is 160 Å². The van der Waals surface area contributed by atoms with E-state index in [9.17, 15) is 4.79 Å². The molecule has 1 saturated carbocycles. The smallest absolute Gasteiger partial charge is 0.249 e. The van der Waals surface area contributed by atoms with Crippen molar-refractivity contribution in [1.29, 1.82) is 0 Å². The van der Waals surface area contributed by atoms with E-state index >= 15 is 0 Å². The lowest BCUT2D eigenvalue weighted by Gasteiger charge is -2.43. The molecule has 1 N–H and O–H groups in total. The number of fused-ring (bicyclic) bond motifs is 1. The van der Waals surface area contributed by atoms with Gasteiger partial charge >= 0.3 is 0 Å². The summed E-state index contributed by atoms with van der Waals surface area (Å²) in [5.41, 5.74) is 2.93. The van der Waals surface area contributed by atoms with Gasteiger partial charge in [-0.05, 0) is 37.8 Å². The van der Waals surface area contributed by atoms with Gasteiger partial charge < -0.3 is 15.1 Å². The maximum Gasteiger partial charge on any atom is 0.249 e. The van der Waals surface area contributed by atoms with Crippen LogP contribution in [0.5, 0.6) is 0 Å². The van der Waals surface area contributed by atoms with E-state index in [1.807, 2.05) is 26.2 Å². The van der Waals surface area contributed by atoms with Crippen molar-refractivity contribution in [3.8, 4) is 0 Å². The Kier molecular flexibility index (Phi) is 4.72. The molecule has 1 atom stereocenters. The molecule has 2 aliphatic rings. The second kappa shape index (κ2) is 7.18. The van der Waals surface area contributed by atoms with Crippen molar-refractivity contribution in [3.05, 3.63) is 36.0 Å². The SMILES string of the molecule is Cc1ccc(Nc2ncc3c(n2)N(C)C(C2CCCCC2)C(=O)N3C)cc1. The third-order valence-electron chi connectivity index (χ3n) is 5.85. The zero-order chi connectivity index (χ0) is 19.0. The van der Waals surface area contributed by atoms with Crippen LogP contribution in [0.1, 0.15) is 37.7 Å². The Morgan fingerprint density at radius 1 is 1.07 bits per heavy atom. The molecule has 1 aromatic carbocycles. The number of hydrogen-bond donors (Lipinski definition) is 1. The molecule has 1 aliphatic heterocycles. The number of likely N-dealkylation sites (N-methyl/N-ethyl adjacent to an activating group) is 2. The molecule has 0 bridgehead atoms. The summed E-state index contributed by atoms with van der Waals surface area (Å²) in [4.78, 5) is 26.0. The van der Waals surface area contributed by atoms with Gasteiger partial charge in [0.2, 0.25) is 11.9 Å².